The van der Waals surface area contributed by atoms with Crippen LogP contribution in [0.3, 0.4) is 0 Å². The summed E-state index contributed by atoms with van der Waals surface area (Å²) in [5, 5.41) is 12.6. The van der Waals surface area contributed by atoms with E-state index in [1.807, 2.05) is 13.0 Å². The molecule has 1 atom stereocenters. The monoisotopic (exact) mass is 503 g/mol. The van der Waals surface area contributed by atoms with E-state index in [2.05, 4.69) is 40.3 Å². The second kappa shape index (κ2) is 11.7. The minimum atomic E-state index is -1.15. The SMILES string of the molecule is CC[C@@H](C)Oc1ccc2c(n1)CCN(CC[C@]1(F)CC[C@@H](NC(=O)Cc3nnc(C)s3)CC1)CC2. The van der Waals surface area contributed by atoms with Gasteiger partial charge in [-0.1, -0.05) is 13.0 Å². The summed E-state index contributed by atoms with van der Waals surface area (Å²) in [7, 11) is 0. The molecule has 1 fully saturated rings. The van der Waals surface area contributed by atoms with Gasteiger partial charge in [0.05, 0.1) is 12.5 Å². The Labute approximate surface area is 211 Å². The van der Waals surface area contributed by atoms with Crippen molar-refractivity contribution >= 4 is 17.2 Å². The lowest BCUT2D eigenvalue weighted by atomic mass is 9.81. The molecule has 0 saturated heterocycles. The Morgan fingerprint density at radius 1 is 1.29 bits per heavy atom. The summed E-state index contributed by atoms with van der Waals surface area (Å²) in [4.78, 5) is 19.4. The normalized spacial score (nSPS) is 23.8. The number of aromatic nitrogens is 3. The Balaban J connectivity index is 1.20. The van der Waals surface area contributed by atoms with Crippen molar-refractivity contribution in [2.75, 3.05) is 19.6 Å². The van der Waals surface area contributed by atoms with Gasteiger partial charge >= 0.3 is 0 Å². The van der Waals surface area contributed by atoms with Gasteiger partial charge in [-0.15, -0.1) is 21.5 Å². The highest BCUT2D eigenvalue weighted by Crippen LogP contribution is 2.35. The summed E-state index contributed by atoms with van der Waals surface area (Å²) in [5.41, 5.74) is 1.24. The zero-order chi connectivity index (χ0) is 24.8. The number of carbonyl (C=O) groups excluding carboxylic acids is 1. The predicted octanol–water partition coefficient (Wildman–Crippen LogP) is 4.22. The van der Waals surface area contributed by atoms with Crippen LogP contribution in [0.4, 0.5) is 4.39 Å². The Hall–Kier alpha value is -2.13. The van der Waals surface area contributed by atoms with Crippen molar-refractivity contribution in [3.63, 3.8) is 0 Å². The summed E-state index contributed by atoms with van der Waals surface area (Å²) >= 11 is 1.44. The van der Waals surface area contributed by atoms with E-state index in [-0.39, 0.29) is 24.5 Å². The van der Waals surface area contributed by atoms with Crippen LogP contribution in [0.5, 0.6) is 5.88 Å². The molecule has 1 aliphatic carbocycles. The molecule has 2 aromatic rings. The molecule has 35 heavy (non-hydrogen) atoms. The zero-order valence-corrected chi connectivity index (χ0v) is 22.0. The van der Waals surface area contributed by atoms with Gasteiger partial charge in [0.15, 0.2) is 0 Å². The number of nitrogens with zero attached hydrogens (tertiary/aromatic N) is 4. The van der Waals surface area contributed by atoms with Crippen LogP contribution in [0.15, 0.2) is 12.1 Å². The van der Waals surface area contributed by atoms with Crippen LogP contribution in [0.2, 0.25) is 0 Å². The number of amides is 1. The third-order valence-electron chi connectivity index (χ3n) is 7.30. The minimum absolute atomic E-state index is 0.0472. The molecule has 9 heteroatoms. The Bertz CT molecular complexity index is 992. The van der Waals surface area contributed by atoms with E-state index in [1.165, 1.54) is 16.9 Å². The fraction of sp³-hybridized carbons (Fsp3) is 0.692. The van der Waals surface area contributed by atoms with E-state index in [4.69, 9.17) is 9.72 Å². The number of hydrogen-bond donors (Lipinski definition) is 1. The van der Waals surface area contributed by atoms with Gasteiger partial charge in [0.1, 0.15) is 15.7 Å². The summed E-state index contributed by atoms with van der Waals surface area (Å²) in [6.07, 6.45) is 6.09. The van der Waals surface area contributed by atoms with Crippen molar-refractivity contribution in [2.24, 2.45) is 0 Å². The first kappa shape index (κ1) is 25.9. The van der Waals surface area contributed by atoms with Crippen molar-refractivity contribution < 1.29 is 13.9 Å². The first-order valence-corrected chi connectivity index (χ1v) is 13.8. The van der Waals surface area contributed by atoms with Crippen LogP contribution in [0.1, 0.15) is 73.6 Å². The molecule has 2 aliphatic rings. The van der Waals surface area contributed by atoms with Gasteiger partial charge in [-0.3, -0.25) is 4.79 Å². The number of carbonyl (C=O) groups is 1. The molecule has 7 nitrogen and oxygen atoms in total. The number of nitrogens with one attached hydrogen (secondary N) is 1. The standard InChI is InChI=1S/C26H38FN5O2S/c1-4-18(2)34-24-6-5-20-9-14-32(15-10-22(20)29-24)16-13-26(27)11-7-21(8-12-26)28-23(33)17-25-31-30-19(3)35-25/h5-6,18,21H,4,7-17H2,1-3H3,(H,28,33)/t18-,21-,26+/m1/s1. The lowest BCUT2D eigenvalue weighted by Gasteiger charge is -2.35. The van der Waals surface area contributed by atoms with Crippen molar-refractivity contribution in [1.82, 2.24) is 25.4 Å². The average Bonchev–Trinajstić information content (AvgIpc) is 3.13. The average molecular weight is 504 g/mol. The van der Waals surface area contributed by atoms with Gasteiger partial charge in [0.2, 0.25) is 11.8 Å². The molecule has 0 unspecified atom stereocenters. The van der Waals surface area contributed by atoms with E-state index >= 15 is 4.39 Å². The molecule has 0 spiro atoms. The first-order chi connectivity index (χ1) is 16.8. The number of aryl methyl sites for hydroxylation is 1. The number of ether oxygens (including phenoxy) is 1. The fourth-order valence-electron chi connectivity index (χ4n) is 4.90. The predicted molar refractivity (Wildman–Crippen MR) is 136 cm³/mol. The third-order valence-corrected chi connectivity index (χ3v) is 8.14. The molecule has 192 valence electrons. The van der Waals surface area contributed by atoms with Crippen LogP contribution in [-0.2, 0) is 24.1 Å². The fourth-order valence-corrected chi connectivity index (χ4v) is 5.61. The molecule has 0 radical (unpaired) electrons. The van der Waals surface area contributed by atoms with Crippen LogP contribution < -0.4 is 10.1 Å². The van der Waals surface area contributed by atoms with Gasteiger partial charge in [0, 0.05) is 43.9 Å². The second-order valence-electron chi connectivity index (χ2n) is 10.1. The molecule has 1 amide bonds. The summed E-state index contributed by atoms with van der Waals surface area (Å²) < 4.78 is 21.5. The quantitative estimate of drug-likeness (QED) is 0.552. The second-order valence-corrected chi connectivity index (χ2v) is 11.3. The largest absolute Gasteiger partial charge is 0.475 e. The molecule has 2 aromatic heterocycles. The van der Waals surface area contributed by atoms with E-state index in [1.54, 1.807) is 0 Å². The maximum absolute atomic E-state index is 15.6. The lowest BCUT2D eigenvalue weighted by Crippen LogP contribution is -2.43. The van der Waals surface area contributed by atoms with Gasteiger partial charge < -0.3 is 15.0 Å². The van der Waals surface area contributed by atoms with Crippen molar-refractivity contribution in [2.45, 2.75) is 96.4 Å². The first-order valence-electron chi connectivity index (χ1n) is 13.0. The van der Waals surface area contributed by atoms with E-state index < -0.39 is 5.67 Å². The highest BCUT2D eigenvalue weighted by molar-refractivity contribution is 7.11. The van der Waals surface area contributed by atoms with Crippen molar-refractivity contribution in [1.29, 1.82) is 0 Å². The third kappa shape index (κ3) is 7.43. The lowest BCUT2D eigenvalue weighted by molar-refractivity contribution is -0.121. The molecule has 0 bridgehead atoms. The molecule has 4 rings (SSSR count). The Morgan fingerprint density at radius 2 is 2.06 bits per heavy atom. The Kier molecular flexibility index (Phi) is 8.70. The van der Waals surface area contributed by atoms with Crippen molar-refractivity contribution in [3.05, 3.63) is 33.4 Å². The smallest absolute Gasteiger partial charge is 0.227 e. The van der Waals surface area contributed by atoms with Crippen molar-refractivity contribution in [3.8, 4) is 5.88 Å². The maximum Gasteiger partial charge on any atom is 0.227 e. The zero-order valence-electron chi connectivity index (χ0n) is 21.2. The molecular formula is C26H38FN5O2S. The highest BCUT2D eigenvalue weighted by atomic mass is 32.1. The van der Waals surface area contributed by atoms with Crippen LogP contribution in [0.25, 0.3) is 0 Å². The molecule has 1 saturated carbocycles. The molecule has 1 N–H and O–H groups in total. The number of alkyl halides is 1. The molecular weight excluding hydrogens is 465 g/mol. The van der Waals surface area contributed by atoms with Crippen LogP contribution in [0, 0.1) is 6.92 Å². The van der Waals surface area contributed by atoms with Crippen LogP contribution in [-0.4, -0.2) is 63.4 Å². The number of fused-ring (bicyclic) bond motifs is 1. The molecule has 0 aromatic carbocycles. The van der Waals surface area contributed by atoms with Gasteiger partial charge in [-0.25, -0.2) is 9.37 Å². The topological polar surface area (TPSA) is 80.2 Å². The number of rotatable bonds is 9. The summed E-state index contributed by atoms with van der Waals surface area (Å²) in [6.45, 7) is 8.63. The molecule has 1 aliphatic heterocycles. The van der Waals surface area contributed by atoms with E-state index in [0.717, 1.165) is 54.6 Å². The number of pyridine rings is 1. The number of hydrogen-bond acceptors (Lipinski definition) is 7. The number of halogens is 1. The Morgan fingerprint density at radius 3 is 2.77 bits per heavy atom. The molecule has 3 heterocycles. The van der Waals surface area contributed by atoms with E-state index in [9.17, 15) is 4.79 Å². The summed E-state index contributed by atoms with van der Waals surface area (Å²) in [5.74, 6) is 0.657. The maximum atomic E-state index is 15.6. The van der Waals surface area contributed by atoms with Gasteiger partial charge in [-0.2, -0.15) is 0 Å². The van der Waals surface area contributed by atoms with E-state index in [0.29, 0.717) is 38.0 Å². The minimum Gasteiger partial charge on any atom is -0.475 e. The van der Waals surface area contributed by atoms with Crippen LogP contribution >= 0.6 is 11.3 Å². The van der Waals surface area contributed by atoms with Gasteiger partial charge in [0.25, 0.3) is 0 Å². The summed E-state index contributed by atoms with van der Waals surface area (Å²) in [6, 6.07) is 4.16. The van der Waals surface area contributed by atoms with Gasteiger partial charge in [-0.05, 0) is 64.4 Å². The highest BCUT2D eigenvalue weighted by Gasteiger charge is 2.36.